The van der Waals surface area contributed by atoms with Gasteiger partial charge in [-0.3, -0.25) is 9.78 Å². The van der Waals surface area contributed by atoms with Crippen molar-refractivity contribution in [2.45, 2.75) is 13.0 Å². The monoisotopic (exact) mass is 294 g/mol. The van der Waals surface area contributed by atoms with E-state index in [1.165, 1.54) is 0 Å². The molecule has 1 heterocycles. The Balaban J connectivity index is 2.10. The van der Waals surface area contributed by atoms with Gasteiger partial charge in [0.25, 0.3) is 5.91 Å². The van der Waals surface area contributed by atoms with Crippen LogP contribution in [0.1, 0.15) is 29.0 Å². The SMILES string of the molecule is C[C@@H](NC(=O)c1ccccn1)c1ccc(Cl)c(Cl)c1. The van der Waals surface area contributed by atoms with Crippen LogP contribution in [0, 0.1) is 0 Å². The number of amides is 1. The smallest absolute Gasteiger partial charge is 0.270 e. The van der Waals surface area contributed by atoms with Crippen molar-refractivity contribution in [3.8, 4) is 0 Å². The zero-order valence-corrected chi connectivity index (χ0v) is 11.7. The number of carbonyl (C=O) groups excluding carboxylic acids is 1. The summed E-state index contributed by atoms with van der Waals surface area (Å²) in [6.07, 6.45) is 1.58. The third-order valence-corrected chi connectivity index (χ3v) is 3.43. The van der Waals surface area contributed by atoms with E-state index in [9.17, 15) is 4.79 Å². The lowest BCUT2D eigenvalue weighted by Gasteiger charge is -2.14. The van der Waals surface area contributed by atoms with E-state index in [-0.39, 0.29) is 11.9 Å². The second-order valence-electron chi connectivity index (χ2n) is 4.08. The van der Waals surface area contributed by atoms with Gasteiger partial charge in [-0.1, -0.05) is 35.3 Å². The Morgan fingerprint density at radius 2 is 2.00 bits per heavy atom. The zero-order chi connectivity index (χ0) is 13.8. The van der Waals surface area contributed by atoms with Gasteiger partial charge in [-0.05, 0) is 36.8 Å². The number of hydrogen-bond acceptors (Lipinski definition) is 2. The molecule has 0 aliphatic heterocycles. The highest BCUT2D eigenvalue weighted by Crippen LogP contribution is 2.25. The summed E-state index contributed by atoms with van der Waals surface area (Å²) < 4.78 is 0. The predicted octanol–water partition coefficient (Wildman–Crippen LogP) is 3.88. The third-order valence-electron chi connectivity index (χ3n) is 2.69. The van der Waals surface area contributed by atoms with Gasteiger partial charge in [-0.15, -0.1) is 0 Å². The molecule has 1 atom stereocenters. The lowest BCUT2D eigenvalue weighted by molar-refractivity contribution is 0.0935. The molecule has 1 aromatic heterocycles. The minimum absolute atomic E-state index is 0.177. The summed E-state index contributed by atoms with van der Waals surface area (Å²) in [6.45, 7) is 1.88. The highest BCUT2D eigenvalue weighted by molar-refractivity contribution is 6.42. The molecule has 0 unspecified atom stereocenters. The third kappa shape index (κ3) is 3.46. The molecular weight excluding hydrogens is 283 g/mol. The summed E-state index contributed by atoms with van der Waals surface area (Å²) in [5, 5.41) is 3.82. The topological polar surface area (TPSA) is 42.0 Å². The molecule has 2 aromatic rings. The average molecular weight is 295 g/mol. The van der Waals surface area contributed by atoms with Gasteiger partial charge in [0.1, 0.15) is 5.69 Å². The van der Waals surface area contributed by atoms with Gasteiger partial charge >= 0.3 is 0 Å². The Hall–Kier alpha value is -1.58. The molecule has 2 rings (SSSR count). The highest BCUT2D eigenvalue weighted by Gasteiger charge is 2.13. The normalized spacial score (nSPS) is 11.9. The molecule has 1 N–H and O–H groups in total. The molecule has 19 heavy (non-hydrogen) atoms. The van der Waals surface area contributed by atoms with Crippen LogP contribution >= 0.6 is 23.2 Å². The van der Waals surface area contributed by atoms with Crippen molar-refractivity contribution < 1.29 is 4.79 Å². The molecular formula is C14H12Cl2N2O. The number of halogens is 2. The van der Waals surface area contributed by atoms with Gasteiger partial charge < -0.3 is 5.32 Å². The molecule has 0 bridgehead atoms. The summed E-state index contributed by atoms with van der Waals surface area (Å²) in [6, 6.07) is 10.3. The molecule has 0 radical (unpaired) electrons. The molecule has 3 nitrogen and oxygen atoms in total. The molecule has 1 aromatic carbocycles. The number of carbonyl (C=O) groups is 1. The minimum atomic E-state index is -0.223. The summed E-state index contributed by atoms with van der Waals surface area (Å²) >= 11 is 11.8. The van der Waals surface area contributed by atoms with E-state index in [1.54, 1.807) is 36.5 Å². The maximum atomic E-state index is 11.9. The second-order valence-corrected chi connectivity index (χ2v) is 4.90. The molecule has 0 fully saturated rings. The minimum Gasteiger partial charge on any atom is -0.344 e. The number of pyridine rings is 1. The first kappa shape index (κ1) is 13.8. The Morgan fingerprint density at radius 3 is 2.63 bits per heavy atom. The van der Waals surface area contributed by atoms with Gasteiger partial charge in [0, 0.05) is 6.20 Å². The maximum Gasteiger partial charge on any atom is 0.270 e. The largest absolute Gasteiger partial charge is 0.344 e. The van der Waals surface area contributed by atoms with Crippen LogP contribution in [0.4, 0.5) is 0 Å². The van der Waals surface area contributed by atoms with E-state index in [2.05, 4.69) is 10.3 Å². The Kier molecular flexibility index (Phi) is 4.40. The fourth-order valence-corrected chi connectivity index (χ4v) is 1.94. The van der Waals surface area contributed by atoms with Gasteiger partial charge in [-0.2, -0.15) is 0 Å². The first-order chi connectivity index (χ1) is 9.08. The fraction of sp³-hybridized carbons (Fsp3) is 0.143. The molecule has 98 valence electrons. The second kappa shape index (κ2) is 6.04. The number of nitrogens with one attached hydrogen (secondary N) is 1. The van der Waals surface area contributed by atoms with E-state index < -0.39 is 0 Å². The number of hydrogen-bond donors (Lipinski definition) is 1. The molecule has 5 heteroatoms. The van der Waals surface area contributed by atoms with E-state index >= 15 is 0 Å². The van der Waals surface area contributed by atoms with Crippen molar-refractivity contribution in [3.63, 3.8) is 0 Å². The number of aromatic nitrogens is 1. The Bertz CT molecular complexity index is 587. The van der Waals surface area contributed by atoms with E-state index in [0.29, 0.717) is 15.7 Å². The van der Waals surface area contributed by atoms with Crippen LogP contribution in [0.2, 0.25) is 10.0 Å². The summed E-state index contributed by atoms with van der Waals surface area (Å²) in [5.74, 6) is -0.223. The number of nitrogens with zero attached hydrogens (tertiary/aromatic N) is 1. The lowest BCUT2D eigenvalue weighted by atomic mass is 10.1. The molecule has 0 aliphatic carbocycles. The van der Waals surface area contributed by atoms with E-state index in [4.69, 9.17) is 23.2 Å². The molecule has 0 aliphatic rings. The van der Waals surface area contributed by atoms with Crippen LogP contribution < -0.4 is 5.32 Å². The molecule has 0 saturated heterocycles. The highest BCUT2D eigenvalue weighted by atomic mass is 35.5. The van der Waals surface area contributed by atoms with Crippen molar-refractivity contribution in [2.75, 3.05) is 0 Å². The van der Waals surface area contributed by atoms with E-state index in [0.717, 1.165) is 5.56 Å². The van der Waals surface area contributed by atoms with Crippen molar-refractivity contribution in [2.24, 2.45) is 0 Å². The summed E-state index contributed by atoms with van der Waals surface area (Å²) in [7, 11) is 0. The van der Waals surface area contributed by atoms with Crippen LogP contribution in [0.5, 0.6) is 0 Å². The van der Waals surface area contributed by atoms with Gasteiger partial charge in [0.15, 0.2) is 0 Å². The van der Waals surface area contributed by atoms with Crippen LogP contribution in [-0.2, 0) is 0 Å². The number of benzene rings is 1. The Labute approximate surface area is 121 Å². The standard InChI is InChI=1S/C14H12Cl2N2O/c1-9(10-5-6-11(15)12(16)8-10)18-14(19)13-4-2-3-7-17-13/h2-9H,1H3,(H,18,19)/t9-/m1/s1. The van der Waals surface area contributed by atoms with Gasteiger partial charge in [-0.25, -0.2) is 0 Å². The van der Waals surface area contributed by atoms with Crippen molar-refractivity contribution in [1.82, 2.24) is 10.3 Å². The first-order valence-electron chi connectivity index (χ1n) is 5.75. The Morgan fingerprint density at radius 1 is 1.21 bits per heavy atom. The van der Waals surface area contributed by atoms with Crippen molar-refractivity contribution in [3.05, 3.63) is 63.9 Å². The van der Waals surface area contributed by atoms with Crippen LogP contribution in [0.3, 0.4) is 0 Å². The molecule has 0 saturated carbocycles. The van der Waals surface area contributed by atoms with E-state index in [1.807, 2.05) is 13.0 Å². The quantitative estimate of drug-likeness (QED) is 0.933. The number of rotatable bonds is 3. The predicted molar refractivity (Wildman–Crippen MR) is 76.6 cm³/mol. The maximum absolute atomic E-state index is 11.9. The zero-order valence-electron chi connectivity index (χ0n) is 10.2. The van der Waals surface area contributed by atoms with Crippen molar-refractivity contribution >= 4 is 29.1 Å². The van der Waals surface area contributed by atoms with Gasteiger partial charge in [0.2, 0.25) is 0 Å². The van der Waals surface area contributed by atoms with Crippen molar-refractivity contribution in [1.29, 1.82) is 0 Å². The summed E-state index contributed by atoms with van der Waals surface area (Å²) in [5.41, 5.74) is 1.27. The molecule has 1 amide bonds. The fourth-order valence-electron chi connectivity index (χ4n) is 1.63. The lowest BCUT2D eigenvalue weighted by Crippen LogP contribution is -2.27. The first-order valence-corrected chi connectivity index (χ1v) is 6.50. The van der Waals surface area contributed by atoms with Crippen LogP contribution in [0.15, 0.2) is 42.6 Å². The van der Waals surface area contributed by atoms with Crippen LogP contribution in [-0.4, -0.2) is 10.9 Å². The van der Waals surface area contributed by atoms with Gasteiger partial charge in [0.05, 0.1) is 16.1 Å². The summed E-state index contributed by atoms with van der Waals surface area (Å²) in [4.78, 5) is 15.9. The average Bonchev–Trinajstić information content (AvgIpc) is 2.42. The van der Waals surface area contributed by atoms with Crippen LogP contribution in [0.25, 0.3) is 0 Å². The molecule has 0 spiro atoms.